The fourth-order valence-electron chi connectivity index (χ4n) is 2.11. The number of ether oxygens (including phenoxy) is 2. The number of aromatic nitrogens is 1. The van der Waals surface area contributed by atoms with E-state index in [9.17, 15) is 4.79 Å². The van der Waals surface area contributed by atoms with E-state index in [1.165, 1.54) is 0 Å². The second-order valence-electron chi connectivity index (χ2n) is 4.81. The predicted octanol–water partition coefficient (Wildman–Crippen LogP) is 2.37. The number of benzene rings is 1. The SMILES string of the molecule is COc1ccc(OC)c(CC(=O)NCCc2csc(C)n2)c1. The van der Waals surface area contributed by atoms with E-state index < -0.39 is 0 Å². The zero-order valence-electron chi connectivity index (χ0n) is 13.0. The fraction of sp³-hybridized carbons (Fsp3) is 0.375. The molecule has 0 unspecified atom stereocenters. The topological polar surface area (TPSA) is 60.5 Å². The van der Waals surface area contributed by atoms with Crippen molar-refractivity contribution in [2.75, 3.05) is 20.8 Å². The van der Waals surface area contributed by atoms with Crippen LogP contribution in [0.5, 0.6) is 11.5 Å². The number of nitrogens with one attached hydrogen (secondary N) is 1. The van der Waals surface area contributed by atoms with E-state index in [-0.39, 0.29) is 12.3 Å². The molecule has 1 aromatic heterocycles. The van der Waals surface area contributed by atoms with Gasteiger partial charge in [-0.15, -0.1) is 11.3 Å². The summed E-state index contributed by atoms with van der Waals surface area (Å²) in [5.74, 6) is 1.35. The summed E-state index contributed by atoms with van der Waals surface area (Å²) >= 11 is 1.62. The van der Waals surface area contributed by atoms with Crippen molar-refractivity contribution in [3.63, 3.8) is 0 Å². The van der Waals surface area contributed by atoms with Gasteiger partial charge in [-0.05, 0) is 25.1 Å². The van der Waals surface area contributed by atoms with Crippen molar-refractivity contribution in [1.82, 2.24) is 10.3 Å². The molecule has 0 bridgehead atoms. The molecule has 0 spiro atoms. The Labute approximate surface area is 134 Å². The molecule has 1 aromatic carbocycles. The molecule has 0 atom stereocenters. The number of hydrogen-bond donors (Lipinski definition) is 1. The molecule has 118 valence electrons. The molecule has 2 aromatic rings. The lowest BCUT2D eigenvalue weighted by Gasteiger charge is -2.10. The molecular formula is C16H20N2O3S. The first-order valence-corrected chi connectivity index (χ1v) is 7.89. The number of aryl methyl sites for hydroxylation is 1. The lowest BCUT2D eigenvalue weighted by atomic mass is 10.1. The van der Waals surface area contributed by atoms with Crippen molar-refractivity contribution in [3.8, 4) is 11.5 Å². The van der Waals surface area contributed by atoms with Crippen LogP contribution in [0.1, 0.15) is 16.3 Å². The molecule has 6 heteroatoms. The molecule has 0 saturated carbocycles. The molecule has 0 aliphatic rings. The summed E-state index contributed by atoms with van der Waals surface area (Å²) in [6.45, 7) is 2.55. The first-order chi connectivity index (χ1) is 10.6. The number of hydrogen-bond acceptors (Lipinski definition) is 5. The Morgan fingerprint density at radius 3 is 2.77 bits per heavy atom. The van der Waals surface area contributed by atoms with Gasteiger partial charge in [0.05, 0.1) is 31.3 Å². The van der Waals surface area contributed by atoms with Gasteiger partial charge in [-0.25, -0.2) is 4.98 Å². The van der Waals surface area contributed by atoms with Crippen LogP contribution < -0.4 is 14.8 Å². The van der Waals surface area contributed by atoms with Crippen LogP contribution in [0.25, 0.3) is 0 Å². The van der Waals surface area contributed by atoms with Gasteiger partial charge in [0, 0.05) is 23.9 Å². The third kappa shape index (κ3) is 4.46. The molecule has 22 heavy (non-hydrogen) atoms. The van der Waals surface area contributed by atoms with Crippen LogP contribution in [0.3, 0.4) is 0 Å². The Kier molecular flexibility index (Phi) is 5.77. The largest absolute Gasteiger partial charge is 0.497 e. The molecule has 1 N–H and O–H groups in total. The minimum absolute atomic E-state index is 0.0431. The van der Waals surface area contributed by atoms with Crippen LogP contribution in [-0.2, 0) is 17.6 Å². The molecule has 0 saturated heterocycles. The van der Waals surface area contributed by atoms with E-state index in [1.54, 1.807) is 31.6 Å². The van der Waals surface area contributed by atoms with Gasteiger partial charge in [-0.1, -0.05) is 0 Å². The second-order valence-corrected chi connectivity index (χ2v) is 5.87. The highest BCUT2D eigenvalue weighted by atomic mass is 32.1. The highest BCUT2D eigenvalue weighted by Gasteiger charge is 2.10. The number of methoxy groups -OCH3 is 2. The number of thiazole rings is 1. The van der Waals surface area contributed by atoms with Gasteiger partial charge in [0.1, 0.15) is 11.5 Å². The van der Waals surface area contributed by atoms with Gasteiger partial charge in [-0.2, -0.15) is 0 Å². The van der Waals surface area contributed by atoms with E-state index in [4.69, 9.17) is 9.47 Å². The van der Waals surface area contributed by atoms with E-state index >= 15 is 0 Å². The van der Waals surface area contributed by atoms with Crippen molar-refractivity contribution < 1.29 is 14.3 Å². The minimum Gasteiger partial charge on any atom is -0.497 e. The maximum absolute atomic E-state index is 12.1. The molecule has 0 aliphatic heterocycles. The van der Waals surface area contributed by atoms with Gasteiger partial charge in [-0.3, -0.25) is 4.79 Å². The molecular weight excluding hydrogens is 300 g/mol. The zero-order valence-corrected chi connectivity index (χ0v) is 13.8. The van der Waals surface area contributed by atoms with Crippen LogP contribution in [0.4, 0.5) is 0 Å². The summed E-state index contributed by atoms with van der Waals surface area (Å²) < 4.78 is 10.5. The van der Waals surface area contributed by atoms with Gasteiger partial charge >= 0.3 is 0 Å². The first-order valence-electron chi connectivity index (χ1n) is 7.01. The van der Waals surface area contributed by atoms with Gasteiger partial charge in [0.2, 0.25) is 5.91 Å². The van der Waals surface area contributed by atoms with E-state index in [0.29, 0.717) is 18.0 Å². The molecule has 0 fully saturated rings. The average Bonchev–Trinajstić information content (AvgIpc) is 2.92. The van der Waals surface area contributed by atoms with Crippen LogP contribution in [0.2, 0.25) is 0 Å². The zero-order chi connectivity index (χ0) is 15.9. The Balaban J connectivity index is 1.88. The molecule has 2 rings (SSSR count). The fourth-order valence-corrected chi connectivity index (χ4v) is 2.76. The Morgan fingerprint density at radius 1 is 1.32 bits per heavy atom. The summed E-state index contributed by atoms with van der Waals surface area (Å²) in [7, 11) is 3.19. The van der Waals surface area contributed by atoms with E-state index in [1.807, 2.05) is 24.4 Å². The first kappa shape index (κ1) is 16.3. The Hall–Kier alpha value is -2.08. The molecule has 0 aliphatic carbocycles. The lowest BCUT2D eigenvalue weighted by molar-refractivity contribution is -0.120. The summed E-state index contributed by atoms with van der Waals surface area (Å²) in [6, 6.07) is 5.44. The highest BCUT2D eigenvalue weighted by molar-refractivity contribution is 7.09. The van der Waals surface area contributed by atoms with Crippen LogP contribution in [-0.4, -0.2) is 31.7 Å². The maximum atomic E-state index is 12.1. The van der Waals surface area contributed by atoms with Crippen molar-refractivity contribution >= 4 is 17.2 Å². The monoisotopic (exact) mass is 320 g/mol. The highest BCUT2D eigenvalue weighted by Crippen LogP contribution is 2.24. The summed E-state index contributed by atoms with van der Waals surface area (Å²) in [6.07, 6.45) is 1.00. The smallest absolute Gasteiger partial charge is 0.224 e. The van der Waals surface area contributed by atoms with E-state index in [0.717, 1.165) is 22.7 Å². The van der Waals surface area contributed by atoms with Crippen molar-refractivity contribution in [2.45, 2.75) is 19.8 Å². The van der Waals surface area contributed by atoms with Crippen molar-refractivity contribution in [3.05, 3.63) is 39.8 Å². The van der Waals surface area contributed by atoms with Crippen LogP contribution in [0.15, 0.2) is 23.6 Å². The number of carbonyl (C=O) groups is 1. The average molecular weight is 320 g/mol. The molecule has 1 heterocycles. The predicted molar refractivity (Wildman–Crippen MR) is 86.8 cm³/mol. The number of rotatable bonds is 7. The normalized spacial score (nSPS) is 10.3. The van der Waals surface area contributed by atoms with Gasteiger partial charge in [0.25, 0.3) is 0 Å². The summed E-state index contributed by atoms with van der Waals surface area (Å²) in [5, 5.41) is 5.97. The number of amides is 1. The van der Waals surface area contributed by atoms with Crippen LogP contribution in [0, 0.1) is 6.92 Å². The summed E-state index contributed by atoms with van der Waals surface area (Å²) in [5.41, 5.74) is 1.82. The lowest BCUT2D eigenvalue weighted by Crippen LogP contribution is -2.27. The quantitative estimate of drug-likeness (QED) is 0.851. The number of carbonyl (C=O) groups excluding carboxylic acids is 1. The Morgan fingerprint density at radius 2 is 2.14 bits per heavy atom. The van der Waals surface area contributed by atoms with Gasteiger partial charge < -0.3 is 14.8 Å². The maximum Gasteiger partial charge on any atom is 0.224 e. The van der Waals surface area contributed by atoms with Gasteiger partial charge in [0.15, 0.2) is 0 Å². The number of nitrogens with zero attached hydrogens (tertiary/aromatic N) is 1. The van der Waals surface area contributed by atoms with E-state index in [2.05, 4.69) is 10.3 Å². The standard InChI is InChI=1S/C16H20N2O3S/c1-11-18-13(10-22-11)6-7-17-16(19)9-12-8-14(20-2)4-5-15(12)21-3/h4-5,8,10H,6-7,9H2,1-3H3,(H,17,19). The molecule has 0 radical (unpaired) electrons. The van der Waals surface area contributed by atoms with Crippen molar-refractivity contribution in [1.29, 1.82) is 0 Å². The minimum atomic E-state index is -0.0431. The third-order valence-electron chi connectivity index (χ3n) is 3.21. The van der Waals surface area contributed by atoms with Crippen LogP contribution >= 0.6 is 11.3 Å². The second kappa shape index (κ2) is 7.79. The third-order valence-corrected chi connectivity index (χ3v) is 4.03. The Bertz CT molecular complexity index is 640. The molecule has 5 nitrogen and oxygen atoms in total. The summed E-state index contributed by atoms with van der Waals surface area (Å²) in [4.78, 5) is 16.4. The van der Waals surface area contributed by atoms with Crippen molar-refractivity contribution in [2.24, 2.45) is 0 Å². The molecule has 1 amide bonds.